The van der Waals surface area contributed by atoms with E-state index in [1.54, 1.807) is 20.8 Å². The second kappa shape index (κ2) is 11.2. The first kappa shape index (κ1) is 28.9. The number of amides is 2. The zero-order valence-electron chi connectivity index (χ0n) is 21.8. The van der Waals surface area contributed by atoms with Crippen LogP contribution in [-0.2, 0) is 26.9 Å². The summed E-state index contributed by atoms with van der Waals surface area (Å²) in [6, 6.07) is 3.01. The first-order chi connectivity index (χ1) is 18.7. The van der Waals surface area contributed by atoms with Crippen molar-refractivity contribution in [1.29, 1.82) is 0 Å². The number of carbonyl (C=O) groups excluding carboxylic acids is 2. The molecular weight excluding hydrogens is 541 g/mol. The van der Waals surface area contributed by atoms with Gasteiger partial charge in [-0.2, -0.15) is 13.2 Å². The van der Waals surface area contributed by atoms with Gasteiger partial charge in [-0.05, 0) is 32.4 Å². The number of morpholine rings is 1. The van der Waals surface area contributed by atoms with Crippen molar-refractivity contribution in [3.05, 3.63) is 71.4 Å². The summed E-state index contributed by atoms with van der Waals surface area (Å²) < 4.78 is 80.2. The highest BCUT2D eigenvalue weighted by Gasteiger charge is 2.35. The number of hydrogen-bond acceptors (Lipinski definition) is 6. The van der Waals surface area contributed by atoms with Crippen LogP contribution in [0.4, 0.5) is 32.4 Å². The summed E-state index contributed by atoms with van der Waals surface area (Å²) in [6.07, 6.45) is -2.24. The van der Waals surface area contributed by atoms with Gasteiger partial charge < -0.3 is 14.8 Å². The van der Waals surface area contributed by atoms with Gasteiger partial charge in [-0.3, -0.25) is 14.3 Å². The largest absolute Gasteiger partial charge is 0.444 e. The molecule has 3 aromatic rings. The quantitative estimate of drug-likeness (QED) is 0.433. The summed E-state index contributed by atoms with van der Waals surface area (Å²) in [4.78, 5) is 34.8. The van der Waals surface area contributed by atoms with Crippen LogP contribution in [0, 0.1) is 11.6 Å². The number of halogens is 5. The van der Waals surface area contributed by atoms with E-state index in [0.717, 1.165) is 24.4 Å². The van der Waals surface area contributed by atoms with E-state index in [0.29, 0.717) is 18.4 Å². The zero-order valence-corrected chi connectivity index (χ0v) is 21.8. The Morgan fingerprint density at radius 3 is 2.60 bits per heavy atom. The lowest BCUT2D eigenvalue weighted by Crippen LogP contribution is -2.45. The van der Waals surface area contributed by atoms with Crippen molar-refractivity contribution < 1.29 is 41.0 Å². The smallest absolute Gasteiger partial charge is 0.419 e. The van der Waals surface area contributed by atoms with Gasteiger partial charge in [0.15, 0.2) is 11.6 Å². The van der Waals surface area contributed by atoms with E-state index < -0.39 is 59.0 Å². The van der Waals surface area contributed by atoms with Crippen molar-refractivity contribution in [3.8, 4) is 5.82 Å². The second-order valence-corrected chi connectivity index (χ2v) is 10.0. The van der Waals surface area contributed by atoms with Crippen molar-refractivity contribution in [2.24, 2.45) is 0 Å². The predicted molar refractivity (Wildman–Crippen MR) is 132 cm³/mol. The number of hydrogen-bond donors (Lipinski definition) is 1. The fourth-order valence-electron chi connectivity index (χ4n) is 4.02. The minimum absolute atomic E-state index is 0.0873. The average molecular weight is 568 g/mol. The van der Waals surface area contributed by atoms with Gasteiger partial charge in [0.25, 0.3) is 0 Å². The molecule has 214 valence electrons. The van der Waals surface area contributed by atoms with E-state index in [1.165, 1.54) is 22.0 Å². The Morgan fingerprint density at radius 2 is 1.93 bits per heavy atom. The van der Waals surface area contributed by atoms with E-state index >= 15 is 0 Å². The van der Waals surface area contributed by atoms with Crippen LogP contribution in [0.15, 0.2) is 43.0 Å². The van der Waals surface area contributed by atoms with E-state index in [2.05, 4.69) is 15.3 Å². The van der Waals surface area contributed by atoms with Crippen LogP contribution in [0.3, 0.4) is 0 Å². The molecule has 4 rings (SSSR count). The third-order valence-corrected chi connectivity index (χ3v) is 5.79. The molecule has 9 nitrogen and oxygen atoms in total. The molecule has 40 heavy (non-hydrogen) atoms. The molecule has 0 saturated carbocycles. The molecule has 0 bridgehead atoms. The highest BCUT2D eigenvalue weighted by Crippen LogP contribution is 2.32. The lowest BCUT2D eigenvalue weighted by molar-refractivity contribution is -0.140. The average Bonchev–Trinajstić information content (AvgIpc) is 3.33. The molecular formula is C26H26F5N5O4. The number of nitrogens with zero attached hydrogens (tertiary/aromatic N) is 4. The molecule has 1 aliphatic rings. The molecule has 3 heterocycles. The van der Waals surface area contributed by atoms with Crippen molar-refractivity contribution in [3.63, 3.8) is 0 Å². The summed E-state index contributed by atoms with van der Waals surface area (Å²) in [7, 11) is 0. The Hall–Kier alpha value is -4.07. The van der Waals surface area contributed by atoms with Crippen LogP contribution in [-0.4, -0.2) is 56.8 Å². The Labute approximate surface area is 225 Å². The lowest BCUT2D eigenvalue weighted by Gasteiger charge is -2.35. The monoisotopic (exact) mass is 567 g/mol. The summed E-state index contributed by atoms with van der Waals surface area (Å²) in [5.41, 5.74) is -2.33. The number of benzene rings is 1. The van der Waals surface area contributed by atoms with E-state index in [9.17, 15) is 31.5 Å². The zero-order chi connectivity index (χ0) is 29.2. The Bertz CT molecular complexity index is 1400. The molecule has 2 amide bonds. The Kier molecular flexibility index (Phi) is 8.10. The SMILES string of the molecule is CC(C)(C)OC(=O)N1CCOCC1c1cn(-c2ncc(NC(=O)Cc3cccc(C(F)(F)F)c3F)cc2F)cn1. The Balaban J connectivity index is 1.46. The molecule has 1 unspecified atom stereocenters. The maximum Gasteiger partial charge on any atom is 0.419 e. The number of rotatable bonds is 5. The summed E-state index contributed by atoms with van der Waals surface area (Å²) in [6.45, 7) is 6.00. The third kappa shape index (κ3) is 6.73. The highest BCUT2D eigenvalue weighted by molar-refractivity contribution is 5.92. The van der Waals surface area contributed by atoms with E-state index in [-0.39, 0.29) is 24.7 Å². The van der Waals surface area contributed by atoms with Gasteiger partial charge in [0.05, 0.1) is 42.8 Å². The molecule has 1 aromatic carbocycles. The molecule has 1 N–H and O–H groups in total. The van der Waals surface area contributed by atoms with Crippen molar-refractivity contribution >= 4 is 17.7 Å². The fourth-order valence-corrected chi connectivity index (χ4v) is 4.02. The molecule has 14 heteroatoms. The number of alkyl halides is 3. The van der Waals surface area contributed by atoms with Crippen molar-refractivity contribution in [2.75, 3.05) is 25.1 Å². The topological polar surface area (TPSA) is 98.6 Å². The minimum Gasteiger partial charge on any atom is -0.444 e. The van der Waals surface area contributed by atoms with Gasteiger partial charge in [-0.15, -0.1) is 0 Å². The standard InChI is InChI=1S/C26H26F5N5O4/c1-25(2,3)40-24(38)36-7-8-39-13-20(36)19-12-35(14-33-19)23-18(27)10-16(11-32-23)34-21(37)9-15-5-4-6-17(22(15)28)26(29,30)31/h4-6,10-12,14,20H,7-9,13H2,1-3H3,(H,34,37). The van der Waals surface area contributed by atoms with Gasteiger partial charge >= 0.3 is 12.3 Å². The fraction of sp³-hybridized carbons (Fsp3) is 0.385. The van der Waals surface area contributed by atoms with Gasteiger partial charge in [0, 0.05) is 18.8 Å². The van der Waals surface area contributed by atoms with Gasteiger partial charge in [-0.1, -0.05) is 12.1 Å². The number of pyridine rings is 1. The molecule has 1 fully saturated rings. The third-order valence-electron chi connectivity index (χ3n) is 5.79. The number of ether oxygens (including phenoxy) is 2. The molecule has 1 saturated heterocycles. The summed E-state index contributed by atoms with van der Waals surface area (Å²) >= 11 is 0. The van der Waals surface area contributed by atoms with Crippen LogP contribution in [0.2, 0.25) is 0 Å². The van der Waals surface area contributed by atoms with Crippen LogP contribution in [0.1, 0.15) is 43.6 Å². The number of aromatic nitrogens is 3. The summed E-state index contributed by atoms with van der Waals surface area (Å²) in [5, 5.41) is 2.30. The minimum atomic E-state index is -4.91. The van der Waals surface area contributed by atoms with E-state index in [1.807, 2.05) is 0 Å². The normalized spacial score (nSPS) is 16.1. The molecule has 0 aliphatic carbocycles. The number of carbonyl (C=O) groups is 2. The van der Waals surface area contributed by atoms with Crippen molar-refractivity contribution in [2.45, 2.75) is 45.0 Å². The number of nitrogens with one attached hydrogen (secondary N) is 1. The Morgan fingerprint density at radius 1 is 1.18 bits per heavy atom. The molecule has 2 aromatic heterocycles. The van der Waals surface area contributed by atoms with Gasteiger partial charge in [0.1, 0.15) is 23.8 Å². The van der Waals surface area contributed by atoms with Crippen LogP contribution in [0.25, 0.3) is 5.82 Å². The van der Waals surface area contributed by atoms with E-state index in [4.69, 9.17) is 9.47 Å². The van der Waals surface area contributed by atoms with Crippen LogP contribution >= 0.6 is 0 Å². The number of anilines is 1. The molecule has 0 radical (unpaired) electrons. The van der Waals surface area contributed by atoms with Crippen LogP contribution in [0.5, 0.6) is 0 Å². The van der Waals surface area contributed by atoms with Crippen molar-refractivity contribution in [1.82, 2.24) is 19.4 Å². The first-order valence-electron chi connectivity index (χ1n) is 12.1. The summed E-state index contributed by atoms with van der Waals surface area (Å²) in [5.74, 6) is -3.43. The van der Waals surface area contributed by atoms with Gasteiger partial charge in [-0.25, -0.2) is 23.5 Å². The highest BCUT2D eigenvalue weighted by atomic mass is 19.4. The molecule has 1 aliphatic heterocycles. The predicted octanol–water partition coefficient (Wildman–Crippen LogP) is 5.05. The van der Waals surface area contributed by atoms with Crippen LogP contribution < -0.4 is 5.32 Å². The van der Waals surface area contributed by atoms with Gasteiger partial charge in [0.2, 0.25) is 5.91 Å². The molecule has 1 atom stereocenters. The first-order valence-corrected chi connectivity index (χ1v) is 12.1. The maximum atomic E-state index is 14.9. The maximum absolute atomic E-state index is 14.9. The number of imidazole rings is 1. The second-order valence-electron chi connectivity index (χ2n) is 10.0. The molecule has 0 spiro atoms. The lowest BCUT2D eigenvalue weighted by atomic mass is 10.1.